The first-order chi connectivity index (χ1) is 19.8. The van der Waals surface area contributed by atoms with Gasteiger partial charge in [0.05, 0.1) is 17.7 Å². The first-order valence-electron chi connectivity index (χ1n) is 14.1. The molecule has 0 heterocycles. The van der Waals surface area contributed by atoms with Gasteiger partial charge in [0.1, 0.15) is 18.3 Å². The number of methoxy groups -OCH3 is 1. The van der Waals surface area contributed by atoms with Crippen LogP contribution >= 0.6 is 0 Å². The van der Waals surface area contributed by atoms with Gasteiger partial charge in [-0.05, 0) is 56.0 Å². The molecule has 9 heteroatoms. The van der Waals surface area contributed by atoms with Gasteiger partial charge in [-0.3, -0.25) is 13.9 Å². The molecule has 1 fully saturated rings. The third-order valence-corrected chi connectivity index (χ3v) is 9.34. The summed E-state index contributed by atoms with van der Waals surface area (Å²) in [5, 5.41) is 3.13. The van der Waals surface area contributed by atoms with Crippen LogP contribution in [0.25, 0.3) is 0 Å². The van der Waals surface area contributed by atoms with E-state index in [2.05, 4.69) is 5.32 Å². The van der Waals surface area contributed by atoms with E-state index >= 15 is 0 Å². The van der Waals surface area contributed by atoms with E-state index in [0.717, 1.165) is 35.6 Å². The van der Waals surface area contributed by atoms with Gasteiger partial charge in [-0.1, -0.05) is 73.9 Å². The van der Waals surface area contributed by atoms with Crippen LogP contribution in [-0.2, 0) is 26.0 Å². The molecule has 218 valence electrons. The Labute approximate surface area is 243 Å². The normalized spacial score (nSPS) is 14.6. The zero-order valence-corrected chi connectivity index (χ0v) is 24.6. The fourth-order valence-corrected chi connectivity index (χ4v) is 6.58. The van der Waals surface area contributed by atoms with E-state index in [-0.39, 0.29) is 23.4 Å². The van der Waals surface area contributed by atoms with Crippen molar-refractivity contribution in [3.05, 3.63) is 90.5 Å². The fraction of sp³-hybridized carbons (Fsp3) is 0.375. The van der Waals surface area contributed by atoms with Crippen molar-refractivity contribution in [3.8, 4) is 5.75 Å². The number of hydrogen-bond acceptors (Lipinski definition) is 5. The van der Waals surface area contributed by atoms with Gasteiger partial charge in [0.15, 0.2) is 0 Å². The number of amides is 2. The van der Waals surface area contributed by atoms with Gasteiger partial charge >= 0.3 is 0 Å². The van der Waals surface area contributed by atoms with Gasteiger partial charge < -0.3 is 15.0 Å². The van der Waals surface area contributed by atoms with Gasteiger partial charge in [0, 0.05) is 18.7 Å². The van der Waals surface area contributed by atoms with Crippen molar-refractivity contribution in [2.75, 3.05) is 24.5 Å². The highest BCUT2D eigenvalue weighted by molar-refractivity contribution is 7.92. The van der Waals surface area contributed by atoms with Gasteiger partial charge in [0.25, 0.3) is 10.0 Å². The summed E-state index contributed by atoms with van der Waals surface area (Å²) >= 11 is 0. The Balaban J connectivity index is 1.64. The monoisotopic (exact) mass is 577 g/mol. The molecule has 1 unspecified atom stereocenters. The predicted molar refractivity (Wildman–Crippen MR) is 160 cm³/mol. The molecule has 1 N–H and O–H groups in total. The number of ether oxygens (including phenoxy) is 1. The third kappa shape index (κ3) is 7.88. The molecule has 0 aliphatic heterocycles. The zero-order chi connectivity index (χ0) is 29.2. The van der Waals surface area contributed by atoms with E-state index in [4.69, 9.17) is 4.74 Å². The minimum atomic E-state index is -4.11. The SMILES string of the molecule is COc1cccc(N(CC(=O)N(CCc2ccccc2)C(C)C(=O)NC2CCCCC2)S(=O)(=O)c2ccccc2)c1. The number of carbonyl (C=O) groups is 2. The Morgan fingerprint density at radius 2 is 1.59 bits per heavy atom. The van der Waals surface area contributed by atoms with Crippen molar-refractivity contribution in [2.45, 2.75) is 62.4 Å². The second-order valence-corrected chi connectivity index (χ2v) is 12.2. The molecule has 0 spiro atoms. The number of anilines is 1. The average molecular weight is 578 g/mol. The molecular formula is C32H39N3O5S. The van der Waals surface area contributed by atoms with Crippen LogP contribution < -0.4 is 14.4 Å². The maximum absolute atomic E-state index is 14.0. The number of rotatable bonds is 12. The molecule has 0 radical (unpaired) electrons. The minimum absolute atomic E-state index is 0.0644. The molecule has 41 heavy (non-hydrogen) atoms. The van der Waals surface area contributed by atoms with E-state index in [9.17, 15) is 18.0 Å². The van der Waals surface area contributed by atoms with Crippen molar-refractivity contribution >= 4 is 27.5 Å². The highest BCUT2D eigenvalue weighted by Crippen LogP contribution is 2.27. The molecule has 1 aliphatic carbocycles. The lowest BCUT2D eigenvalue weighted by atomic mass is 9.95. The quantitative estimate of drug-likeness (QED) is 0.334. The van der Waals surface area contributed by atoms with Gasteiger partial charge in [-0.2, -0.15) is 0 Å². The molecule has 8 nitrogen and oxygen atoms in total. The molecule has 1 aliphatic rings. The molecule has 0 saturated heterocycles. The summed E-state index contributed by atoms with van der Waals surface area (Å²) in [7, 11) is -2.62. The Morgan fingerprint density at radius 3 is 2.24 bits per heavy atom. The number of benzene rings is 3. The van der Waals surface area contributed by atoms with E-state index < -0.39 is 28.5 Å². The lowest BCUT2D eigenvalue weighted by Gasteiger charge is -2.33. The maximum Gasteiger partial charge on any atom is 0.264 e. The molecule has 3 aromatic rings. The number of nitrogens with one attached hydrogen (secondary N) is 1. The van der Waals surface area contributed by atoms with Crippen LogP contribution in [0, 0.1) is 0 Å². The molecule has 3 aromatic carbocycles. The Morgan fingerprint density at radius 1 is 0.927 bits per heavy atom. The summed E-state index contributed by atoms with van der Waals surface area (Å²) in [4.78, 5) is 29.0. The van der Waals surface area contributed by atoms with Crippen molar-refractivity contribution in [1.82, 2.24) is 10.2 Å². The summed E-state index contributed by atoms with van der Waals surface area (Å²) in [5.74, 6) is -0.226. The fourth-order valence-electron chi connectivity index (χ4n) is 5.15. The van der Waals surface area contributed by atoms with E-state index in [1.807, 2.05) is 30.3 Å². The standard InChI is InChI=1S/C32H39N3O5S/c1-25(32(37)33-27-15-8-4-9-16-27)34(22-21-26-13-6-3-7-14-26)31(36)24-35(28-17-12-18-29(23-28)40-2)41(38,39)30-19-10-5-11-20-30/h3,5-7,10-14,17-20,23,25,27H,4,8-9,15-16,21-22,24H2,1-2H3,(H,33,37). The lowest BCUT2D eigenvalue weighted by Crippen LogP contribution is -2.53. The van der Waals surface area contributed by atoms with Gasteiger partial charge in [0.2, 0.25) is 11.8 Å². The van der Waals surface area contributed by atoms with E-state index in [1.54, 1.807) is 49.4 Å². The van der Waals surface area contributed by atoms with Crippen molar-refractivity contribution in [3.63, 3.8) is 0 Å². The van der Waals surface area contributed by atoms with Crippen LogP contribution in [-0.4, -0.2) is 57.4 Å². The van der Waals surface area contributed by atoms with E-state index in [1.165, 1.54) is 30.6 Å². The van der Waals surface area contributed by atoms with Crippen molar-refractivity contribution < 1.29 is 22.7 Å². The molecule has 0 aromatic heterocycles. The number of hydrogen-bond donors (Lipinski definition) is 1. The smallest absolute Gasteiger partial charge is 0.264 e. The summed E-state index contributed by atoms with van der Waals surface area (Å²) in [6, 6.07) is 23.7. The summed E-state index contributed by atoms with van der Waals surface area (Å²) in [6.45, 7) is 1.50. The minimum Gasteiger partial charge on any atom is -0.497 e. The van der Waals surface area contributed by atoms with Crippen molar-refractivity contribution in [1.29, 1.82) is 0 Å². The lowest BCUT2D eigenvalue weighted by molar-refractivity contribution is -0.139. The summed E-state index contributed by atoms with van der Waals surface area (Å²) < 4.78 is 34.2. The number of carbonyl (C=O) groups excluding carboxylic acids is 2. The largest absolute Gasteiger partial charge is 0.497 e. The second kappa shape index (κ2) is 14.2. The number of sulfonamides is 1. The molecule has 1 atom stereocenters. The van der Waals surface area contributed by atoms with E-state index in [0.29, 0.717) is 17.9 Å². The van der Waals surface area contributed by atoms with Crippen molar-refractivity contribution in [2.24, 2.45) is 0 Å². The van der Waals surface area contributed by atoms with Crippen LogP contribution in [0.3, 0.4) is 0 Å². The number of nitrogens with zero attached hydrogens (tertiary/aromatic N) is 2. The highest BCUT2D eigenvalue weighted by Gasteiger charge is 2.33. The Hall–Kier alpha value is -3.85. The summed E-state index contributed by atoms with van der Waals surface area (Å²) in [6.07, 6.45) is 5.69. The third-order valence-electron chi connectivity index (χ3n) is 7.55. The molecular weight excluding hydrogens is 538 g/mol. The van der Waals surface area contributed by atoms with Crippen LogP contribution in [0.5, 0.6) is 5.75 Å². The molecule has 2 amide bonds. The first kappa shape index (κ1) is 30.1. The second-order valence-electron chi connectivity index (χ2n) is 10.4. The average Bonchev–Trinajstić information content (AvgIpc) is 3.01. The Kier molecular flexibility index (Phi) is 10.4. The van der Waals surface area contributed by atoms with Crippen LogP contribution in [0.1, 0.15) is 44.6 Å². The highest BCUT2D eigenvalue weighted by atomic mass is 32.2. The zero-order valence-electron chi connectivity index (χ0n) is 23.7. The molecule has 1 saturated carbocycles. The molecule has 4 rings (SSSR count). The topological polar surface area (TPSA) is 96.0 Å². The maximum atomic E-state index is 14.0. The molecule has 0 bridgehead atoms. The first-order valence-corrected chi connectivity index (χ1v) is 15.6. The van der Waals surface area contributed by atoms with Gasteiger partial charge in [-0.15, -0.1) is 0 Å². The van der Waals surface area contributed by atoms with Crippen LogP contribution in [0.2, 0.25) is 0 Å². The van der Waals surface area contributed by atoms with Crippen LogP contribution in [0.15, 0.2) is 89.8 Å². The summed E-state index contributed by atoms with van der Waals surface area (Å²) in [5.41, 5.74) is 1.32. The predicted octanol–water partition coefficient (Wildman–Crippen LogP) is 4.80. The Bertz CT molecular complexity index is 1390. The van der Waals surface area contributed by atoms with Crippen LogP contribution in [0.4, 0.5) is 5.69 Å². The van der Waals surface area contributed by atoms with Gasteiger partial charge in [-0.25, -0.2) is 8.42 Å².